The van der Waals surface area contributed by atoms with E-state index in [2.05, 4.69) is 69.2 Å². The molecule has 2 fully saturated rings. The van der Waals surface area contributed by atoms with Gasteiger partial charge in [-0.05, 0) is 59.2 Å². The van der Waals surface area contributed by atoms with Crippen molar-refractivity contribution in [3.8, 4) is 0 Å². The van der Waals surface area contributed by atoms with Crippen LogP contribution in [0.1, 0.15) is 69.2 Å². The molecule has 2 saturated carbocycles. The smallest absolute Gasteiger partial charge is 0.358 e. The van der Waals surface area contributed by atoms with Crippen molar-refractivity contribution in [1.82, 2.24) is 0 Å². The third-order valence-electron chi connectivity index (χ3n) is 5.62. The Morgan fingerprint density at radius 2 is 0.304 bits per heavy atom. The van der Waals surface area contributed by atoms with Crippen LogP contribution in [0, 0.1) is 105 Å². The Bertz CT molecular complexity index is 181. The molecule has 0 aliphatic heterocycles. The maximum atomic E-state index is 2.20. The molecule has 2 aliphatic carbocycles. The molecule has 10 radical (unpaired) electrons. The Hall–Kier alpha value is 1.05. The summed E-state index contributed by atoms with van der Waals surface area (Å²) in [6.07, 6.45) is 0. The van der Waals surface area contributed by atoms with Gasteiger partial charge in [0, 0.05) is 0 Å². The normalized spacial score (nSPS) is 24.8. The van der Waals surface area contributed by atoms with Crippen molar-refractivity contribution in [2.75, 3.05) is 0 Å². The van der Waals surface area contributed by atoms with E-state index in [4.69, 9.17) is 0 Å². The van der Waals surface area contributed by atoms with Crippen molar-refractivity contribution in [3.63, 3.8) is 0 Å². The molecule has 0 aromatic rings. The van der Waals surface area contributed by atoms with Crippen LogP contribution in [0.4, 0.5) is 0 Å². The fourth-order valence-corrected chi connectivity index (χ4v) is 2.81. The number of rotatable bonds is 0. The van der Waals surface area contributed by atoms with Gasteiger partial charge < -0.3 is 14.9 Å². The van der Waals surface area contributed by atoms with E-state index in [1.165, 1.54) is 59.2 Å². The van der Waals surface area contributed by atoms with Gasteiger partial charge in [0.2, 0.25) is 0 Å². The van der Waals surface area contributed by atoms with E-state index < -0.39 is 0 Å². The Morgan fingerprint density at radius 3 is 0.348 bits per heavy atom. The summed E-state index contributed by atoms with van der Waals surface area (Å²) in [6, 6.07) is 0. The third kappa shape index (κ3) is 6.06. The summed E-state index contributed by atoms with van der Waals surface area (Å²) in [5.41, 5.74) is 0. The second-order valence-electron chi connectivity index (χ2n) is 6.25. The number of hydrogen-bond donors (Lipinski definition) is 0. The monoisotopic (exact) mass is 538 g/mol. The summed E-state index contributed by atoms with van der Waals surface area (Å²) in [6.45, 7) is 22.0. The minimum absolute atomic E-state index is 0. The molecule has 2 aliphatic rings. The molecule has 0 heterocycles. The van der Waals surface area contributed by atoms with Crippen LogP contribution < -0.4 is 0 Å². The van der Waals surface area contributed by atoms with Gasteiger partial charge in [0.05, 0.1) is 0 Å². The predicted molar refractivity (Wildman–Crippen MR) is 102 cm³/mol. The summed E-state index contributed by atoms with van der Waals surface area (Å²) in [5.74, 6) is 14.7. The average molecular weight is 539 g/mol. The molecule has 0 N–H and O–H groups in total. The molecule has 0 aromatic carbocycles. The van der Waals surface area contributed by atoms with Crippen molar-refractivity contribution in [2.45, 2.75) is 69.2 Å². The number of hydrogen-bond acceptors (Lipinski definition) is 0. The van der Waals surface area contributed by atoms with Crippen molar-refractivity contribution < 1.29 is 31.1 Å². The van der Waals surface area contributed by atoms with Gasteiger partial charge in [-0.25, -0.2) is 0 Å². The molecule has 0 atom stereocenters. The first-order chi connectivity index (χ1) is 9.11. The molecular weight excluding hydrogens is 502 g/mol. The van der Waals surface area contributed by atoms with E-state index in [-0.39, 0.29) is 46.0 Å². The van der Waals surface area contributed by atoms with Crippen LogP contribution in [-0.2, 0) is 0 Å². The molecule has 23 heavy (non-hydrogen) atoms. The van der Waals surface area contributed by atoms with E-state index in [0.717, 1.165) is 0 Å². The van der Waals surface area contributed by atoms with Gasteiger partial charge in [0.1, 0.15) is 0 Å². The molecule has 0 spiro atoms. The Balaban J connectivity index is -0.000000308. The first-order valence-electron chi connectivity index (χ1n) is 7.50. The Labute approximate surface area is 173 Å². The van der Waals surface area contributed by atoms with Gasteiger partial charge in [0.25, 0.3) is 0 Å². The fraction of sp³-hybridized carbons (Fsp3) is 0.455. The van der Waals surface area contributed by atoms with Crippen LogP contribution in [0.25, 0.3) is 0 Å². The van der Waals surface area contributed by atoms with Gasteiger partial charge in [-0.2, -0.15) is 0 Å². The van der Waals surface area contributed by atoms with Crippen LogP contribution in [-0.4, -0.2) is 0 Å². The first-order valence-corrected chi connectivity index (χ1v) is 7.50. The summed E-state index contributed by atoms with van der Waals surface area (Å²) in [7, 11) is 0. The van der Waals surface area contributed by atoms with E-state index in [0.29, 0.717) is 0 Å². The fourth-order valence-electron chi connectivity index (χ4n) is 2.81. The maximum absolute atomic E-state index is 2.20. The summed E-state index contributed by atoms with van der Waals surface area (Å²) >= 11 is 0. The second kappa shape index (κ2) is 11.6. The van der Waals surface area contributed by atoms with Gasteiger partial charge in [-0.15, -0.1) is 0 Å². The zero-order valence-corrected chi connectivity index (χ0v) is 21.7. The molecule has 0 amide bonds. The molecular formula is C22H36U. The van der Waals surface area contributed by atoms with Gasteiger partial charge in [-0.3, -0.25) is 0 Å². The SMILES string of the molecule is C[C]1[C](C)[C](C)[C](C)[C]1C.C[C]1[C](C)[C](C)[C](C)[C]1C.[CH3-].[CH3-].[U+2]. The molecule has 0 aromatic heterocycles. The van der Waals surface area contributed by atoms with Crippen LogP contribution >= 0.6 is 0 Å². The van der Waals surface area contributed by atoms with Crippen molar-refractivity contribution in [2.24, 2.45) is 0 Å². The zero-order chi connectivity index (χ0) is 15.8. The Morgan fingerprint density at radius 1 is 0.261 bits per heavy atom. The van der Waals surface area contributed by atoms with Crippen molar-refractivity contribution >= 4 is 0 Å². The minimum atomic E-state index is 0. The van der Waals surface area contributed by atoms with E-state index >= 15 is 0 Å². The third-order valence-corrected chi connectivity index (χ3v) is 5.62. The quantitative estimate of drug-likeness (QED) is 0.296. The largest absolute Gasteiger partial charge is 2.00 e. The van der Waals surface area contributed by atoms with Gasteiger partial charge in [-0.1, -0.05) is 69.2 Å². The summed E-state index contributed by atoms with van der Waals surface area (Å²) in [5, 5.41) is 0. The summed E-state index contributed by atoms with van der Waals surface area (Å²) in [4.78, 5) is 0. The zero-order valence-electron chi connectivity index (χ0n) is 17.5. The first kappa shape index (κ1) is 28.8. The summed E-state index contributed by atoms with van der Waals surface area (Å²) < 4.78 is 0. The Kier molecular flexibility index (Phi) is 14.6. The molecule has 2 rings (SSSR count). The van der Waals surface area contributed by atoms with Gasteiger partial charge in [0.15, 0.2) is 0 Å². The minimum Gasteiger partial charge on any atom is -0.358 e. The molecule has 0 bridgehead atoms. The molecule has 0 saturated heterocycles. The standard InChI is InChI=1S/2C10H15.2CH3.U/c2*1-6-7(2)9(4)10(5)8(6)3;;;/h2*1-5H3;2*1H3;/q;;2*-1;+2. The van der Waals surface area contributed by atoms with Gasteiger partial charge >= 0.3 is 31.1 Å². The van der Waals surface area contributed by atoms with Crippen molar-refractivity contribution in [3.05, 3.63) is 74.0 Å². The average Bonchev–Trinajstić information content (AvgIpc) is 2.71. The van der Waals surface area contributed by atoms with Crippen LogP contribution in [0.3, 0.4) is 0 Å². The van der Waals surface area contributed by atoms with Crippen LogP contribution in [0.2, 0.25) is 0 Å². The predicted octanol–water partition coefficient (Wildman–Crippen LogP) is 6.84. The van der Waals surface area contributed by atoms with E-state index in [1.807, 2.05) is 0 Å². The van der Waals surface area contributed by atoms with E-state index in [1.54, 1.807) is 0 Å². The molecule has 128 valence electrons. The topological polar surface area (TPSA) is 0 Å². The van der Waals surface area contributed by atoms with Crippen molar-refractivity contribution in [1.29, 1.82) is 0 Å². The molecule has 0 unspecified atom stereocenters. The molecule has 0 nitrogen and oxygen atoms in total. The second-order valence-corrected chi connectivity index (χ2v) is 6.25. The maximum Gasteiger partial charge on any atom is 2.00 e. The molecule has 1 heteroatoms. The van der Waals surface area contributed by atoms with Crippen LogP contribution in [0.15, 0.2) is 0 Å². The van der Waals surface area contributed by atoms with E-state index in [9.17, 15) is 0 Å². The van der Waals surface area contributed by atoms with Crippen LogP contribution in [0.5, 0.6) is 0 Å².